The minimum absolute atomic E-state index is 0.0854. The van der Waals surface area contributed by atoms with Crippen molar-refractivity contribution in [1.29, 1.82) is 0 Å². The zero-order valence-corrected chi connectivity index (χ0v) is 11.6. The van der Waals surface area contributed by atoms with Crippen molar-refractivity contribution in [2.75, 3.05) is 0 Å². The van der Waals surface area contributed by atoms with Crippen LogP contribution in [0.25, 0.3) is 22.2 Å². The van der Waals surface area contributed by atoms with Gasteiger partial charge in [-0.05, 0) is 37.1 Å². The van der Waals surface area contributed by atoms with E-state index in [4.69, 9.17) is 4.98 Å². The summed E-state index contributed by atoms with van der Waals surface area (Å²) < 4.78 is 1.83. The van der Waals surface area contributed by atoms with Gasteiger partial charge >= 0.3 is 0 Å². The topological polar surface area (TPSA) is 47.8 Å². The lowest BCUT2D eigenvalue weighted by Crippen LogP contribution is -2.28. The van der Waals surface area contributed by atoms with Gasteiger partial charge in [-0.3, -0.25) is 14.3 Å². The van der Waals surface area contributed by atoms with Crippen LogP contribution >= 0.6 is 0 Å². The largest absolute Gasteiger partial charge is 0.296 e. The standard InChI is InChI=1S/C17H15N3O/c21-17-13-8-7-12(14-5-1-3-9-18-14)11-15(13)19-16-6-2-4-10-20(16)17/h1,3,5,7-9,11H,2,4,6,10H2. The van der Waals surface area contributed by atoms with Gasteiger partial charge in [0.25, 0.3) is 5.56 Å². The van der Waals surface area contributed by atoms with Gasteiger partial charge in [0, 0.05) is 24.7 Å². The molecule has 0 bridgehead atoms. The molecule has 21 heavy (non-hydrogen) atoms. The monoisotopic (exact) mass is 277 g/mol. The summed E-state index contributed by atoms with van der Waals surface area (Å²) in [5.74, 6) is 0.914. The summed E-state index contributed by atoms with van der Waals surface area (Å²) in [5, 5.41) is 0.695. The molecule has 0 aliphatic carbocycles. The molecule has 0 spiro atoms. The number of pyridine rings is 1. The van der Waals surface area contributed by atoms with E-state index in [2.05, 4.69) is 4.98 Å². The average molecular weight is 277 g/mol. The van der Waals surface area contributed by atoms with E-state index in [1.807, 2.05) is 41.0 Å². The van der Waals surface area contributed by atoms with Crippen molar-refractivity contribution in [3.63, 3.8) is 0 Å². The fourth-order valence-corrected chi connectivity index (χ4v) is 2.93. The molecule has 0 fully saturated rings. The van der Waals surface area contributed by atoms with Crippen LogP contribution in [0.2, 0.25) is 0 Å². The van der Waals surface area contributed by atoms with Crippen LogP contribution in [-0.2, 0) is 13.0 Å². The number of rotatable bonds is 1. The number of nitrogens with zero attached hydrogens (tertiary/aromatic N) is 3. The first-order valence-electron chi connectivity index (χ1n) is 7.28. The second-order valence-electron chi connectivity index (χ2n) is 5.39. The minimum Gasteiger partial charge on any atom is -0.296 e. The van der Waals surface area contributed by atoms with Crippen molar-refractivity contribution in [3.8, 4) is 11.3 Å². The molecule has 0 amide bonds. The van der Waals surface area contributed by atoms with Gasteiger partial charge in [0.15, 0.2) is 0 Å². The molecule has 1 aliphatic heterocycles. The zero-order valence-electron chi connectivity index (χ0n) is 11.6. The quantitative estimate of drug-likeness (QED) is 0.687. The first-order chi connectivity index (χ1) is 10.3. The molecule has 1 aromatic carbocycles. The predicted molar refractivity (Wildman–Crippen MR) is 82.2 cm³/mol. The number of aryl methyl sites for hydroxylation is 1. The molecule has 4 nitrogen and oxygen atoms in total. The number of benzene rings is 1. The van der Waals surface area contributed by atoms with E-state index >= 15 is 0 Å². The SMILES string of the molecule is O=c1c2ccc(-c3ccccn3)cc2nc2n1CCCC2. The van der Waals surface area contributed by atoms with Gasteiger partial charge in [-0.25, -0.2) is 4.98 Å². The molecule has 0 atom stereocenters. The van der Waals surface area contributed by atoms with Crippen molar-refractivity contribution in [2.24, 2.45) is 0 Å². The normalized spacial score (nSPS) is 14.1. The van der Waals surface area contributed by atoms with E-state index in [0.29, 0.717) is 5.39 Å². The molecule has 3 aromatic rings. The highest BCUT2D eigenvalue weighted by atomic mass is 16.1. The lowest BCUT2D eigenvalue weighted by molar-refractivity contribution is 0.501. The molecule has 4 heteroatoms. The van der Waals surface area contributed by atoms with E-state index in [1.165, 1.54) is 0 Å². The van der Waals surface area contributed by atoms with Gasteiger partial charge in [-0.1, -0.05) is 12.1 Å². The molecule has 0 N–H and O–H groups in total. The van der Waals surface area contributed by atoms with Crippen molar-refractivity contribution < 1.29 is 0 Å². The Hall–Kier alpha value is -2.49. The van der Waals surface area contributed by atoms with Gasteiger partial charge in [-0.2, -0.15) is 0 Å². The van der Waals surface area contributed by atoms with Gasteiger partial charge in [-0.15, -0.1) is 0 Å². The molecule has 0 saturated carbocycles. The van der Waals surface area contributed by atoms with Gasteiger partial charge in [0.1, 0.15) is 5.82 Å². The zero-order chi connectivity index (χ0) is 14.2. The number of aromatic nitrogens is 3. The fraction of sp³-hybridized carbons (Fsp3) is 0.235. The van der Waals surface area contributed by atoms with Crippen molar-refractivity contribution in [2.45, 2.75) is 25.8 Å². The van der Waals surface area contributed by atoms with Crippen molar-refractivity contribution in [3.05, 3.63) is 58.8 Å². The molecular weight excluding hydrogens is 262 g/mol. The first kappa shape index (κ1) is 12.3. The highest BCUT2D eigenvalue weighted by Gasteiger charge is 2.14. The van der Waals surface area contributed by atoms with Crippen LogP contribution in [0.1, 0.15) is 18.7 Å². The van der Waals surface area contributed by atoms with Crippen molar-refractivity contribution in [1.82, 2.24) is 14.5 Å². The van der Waals surface area contributed by atoms with E-state index in [-0.39, 0.29) is 5.56 Å². The molecule has 0 saturated heterocycles. The molecule has 1 aliphatic rings. The van der Waals surface area contributed by atoms with Gasteiger partial charge in [0.05, 0.1) is 16.6 Å². The van der Waals surface area contributed by atoms with Crippen LogP contribution in [0.3, 0.4) is 0 Å². The Kier molecular flexibility index (Phi) is 2.81. The number of hydrogen-bond acceptors (Lipinski definition) is 3. The highest BCUT2D eigenvalue weighted by molar-refractivity contribution is 5.83. The van der Waals surface area contributed by atoms with Crippen LogP contribution in [0, 0.1) is 0 Å². The lowest BCUT2D eigenvalue weighted by Gasteiger charge is -2.17. The summed E-state index contributed by atoms with van der Waals surface area (Å²) in [4.78, 5) is 21.6. The third-order valence-corrected chi connectivity index (χ3v) is 4.03. The van der Waals surface area contributed by atoms with Crippen LogP contribution in [0.15, 0.2) is 47.4 Å². The fourth-order valence-electron chi connectivity index (χ4n) is 2.93. The predicted octanol–water partition coefficient (Wildman–Crippen LogP) is 2.79. The molecular formula is C17H15N3O. The van der Waals surface area contributed by atoms with Crippen LogP contribution in [0.5, 0.6) is 0 Å². The van der Waals surface area contributed by atoms with Crippen molar-refractivity contribution >= 4 is 10.9 Å². The number of fused-ring (bicyclic) bond motifs is 2. The Morgan fingerprint density at radius 2 is 2.05 bits per heavy atom. The Balaban J connectivity index is 1.94. The molecule has 0 radical (unpaired) electrons. The Bertz CT molecular complexity index is 868. The minimum atomic E-state index is 0.0854. The molecule has 104 valence electrons. The lowest BCUT2D eigenvalue weighted by atomic mass is 10.1. The van der Waals surface area contributed by atoms with E-state index in [0.717, 1.165) is 48.4 Å². The Labute approximate surface area is 122 Å². The summed E-state index contributed by atoms with van der Waals surface area (Å²) >= 11 is 0. The van der Waals surface area contributed by atoms with E-state index in [1.54, 1.807) is 6.20 Å². The second-order valence-corrected chi connectivity index (χ2v) is 5.39. The van der Waals surface area contributed by atoms with Crippen LogP contribution in [-0.4, -0.2) is 14.5 Å². The first-order valence-corrected chi connectivity index (χ1v) is 7.28. The third kappa shape index (κ3) is 2.03. The molecule has 2 aromatic heterocycles. The third-order valence-electron chi connectivity index (χ3n) is 4.03. The van der Waals surface area contributed by atoms with Crippen LogP contribution < -0.4 is 5.56 Å². The average Bonchev–Trinajstić information content (AvgIpc) is 2.55. The Morgan fingerprint density at radius 1 is 1.10 bits per heavy atom. The van der Waals surface area contributed by atoms with Gasteiger partial charge < -0.3 is 0 Å². The maximum absolute atomic E-state index is 12.5. The molecule has 4 rings (SSSR count). The summed E-state index contributed by atoms with van der Waals surface area (Å²) in [6.07, 6.45) is 4.83. The second kappa shape index (κ2) is 4.81. The molecule has 3 heterocycles. The number of hydrogen-bond donors (Lipinski definition) is 0. The highest BCUT2D eigenvalue weighted by Crippen LogP contribution is 2.21. The summed E-state index contributed by atoms with van der Waals surface area (Å²) in [6, 6.07) is 11.6. The smallest absolute Gasteiger partial charge is 0.261 e. The van der Waals surface area contributed by atoms with Gasteiger partial charge in [0.2, 0.25) is 0 Å². The maximum Gasteiger partial charge on any atom is 0.261 e. The summed E-state index contributed by atoms with van der Waals surface area (Å²) in [6.45, 7) is 0.791. The maximum atomic E-state index is 12.5. The Morgan fingerprint density at radius 3 is 2.90 bits per heavy atom. The van der Waals surface area contributed by atoms with Crippen LogP contribution in [0.4, 0.5) is 0 Å². The summed E-state index contributed by atoms with van der Waals surface area (Å²) in [5.41, 5.74) is 2.76. The van der Waals surface area contributed by atoms with E-state index < -0.39 is 0 Å². The summed E-state index contributed by atoms with van der Waals surface area (Å²) in [7, 11) is 0. The molecule has 0 unspecified atom stereocenters. The van der Waals surface area contributed by atoms with E-state index in [9.17, 15) is 4.79 Å².